The molecule has 2 rings (SSSR count). The fraction of sp³-hybridized carbons (Fsp3) is 0.500. The summed E-state index contributed by atoms with van der Waals surface area (Å²) in [6.45, 7) is 1.70. The fourth-order valence-corrected chi connectivity index (χ4v) is 2.28. The predicted octanol–water partition coefficient (Wildman–Crippen LogP) is 0.426. The van der Waals surface area contributed by atoms with Gasteiger partial charge in [0.1, 0.15) is 5.82 Å². The number of ether oxygens (including phenoxy) is 2. The van der Waals surface area contributed by atoms with Crippen LogP contribution < -0.4 is 15.2 Å². The third-order valence-corrected chi connectivity index (χ3v) is 3.29. The predicted molar refractivity (Wildman–Crippen MR) is 78.5 cm³/mol. The summed E-state index contributed by atoms with van der Waals surface area (Å²) in [5.41, 5.74) is 7.42. The van der Waals surface area contributed by atoms with Crippen molar-refractivity contribution in [2.75, 3.05) is 20.8 Å². The molecule has 116 valence electrons. The second-order valence-electron chi connectivity index (χ2n) is 4.90. The summed E-state index contributed by atoms with van der Waals surface area (Å²) in [5.74, 6) is 1.78. The molecule has 0 aliphatic heterocycles. The van der Waals surface area contributed by atoms with Gasteiger partial charge in [0.05, 0.1) is 50.6 Å². The minimum atomic E-state index is -0.881. The molecular formula is C14H21N3O4. The Hall–Kier alpha value is -1.83. The number of methoxy groups -OCH3 is 2. The van der Waals surface area contributed by atoms with Crippen LogP contribution in [0.15, 0.2) is 12.1 Å². The van der Waals surface area contributed by atoms with Crippen molar-refractivity contribution in [3.8, 4) is 11.5 Å². The van der Waals surface area contributed by atoms with E-state index >= 15 is 0 Å². The van der Waals surface area contributed by atoms with E-state index in [0.717, 1.165) is 5.52 Å². The zero-order valence-corrected chi connectivity index (χ0v) is 12.4. The fourth-order valence-electron chi connectivity index (χ4n) is 2.28. The molecule has 0 amide bonds. The largest absolute Gasteiger partial charge is 0.493 e. The van der Waals surface area contributed by atoms with E-state index in [0.29, 0.717) is 22.8 Å². The minimum absolute atomic E-state index is 0.208. The second-order valence-corrected chi connectivity index (χ2v) is 4.90. The summed E-state index contributed by atoms with van der Waals surface area (Å²) >= 11 is 0. The van der Waals surface area contributed by atoms with E-state index in [-0.39, 0.29) is 19.2 Å². The maximum absolute atomic E-state index is 9.73. The van der Waals surface area contributed by atoms with Gasteiger partial charge in [-0.1, -0.05) is 0 Å². The number of imidazole rings is 1. The molecule has 21 heavy (non-hydrogen) atoms. The summed E-state index contributed by atoms with van der Waals surface area (Å²) in [4.78, 5) is 4.49. The zero-order valence-electron chi connectivity index (χ0n) is 12.4. The first kappa shape index (κ1) is 15.6. The highest BCUT2D eigenvalue weighted by Gasteiger charge is 2.19. The number of rotatable bonds is 6. The van der Waals surface area contributed by atoms with Crippen LogP contribution in [0.1, 0.15) is 18.8 Å². The van der Waals surface area contributed by atoms with Crippen LogP contribution in [0.25, 0.3) is 11.0 Å². The molecule has 0 spiro atoms. The molecule has 2 atom stereocenters. The van der Waals surface area contributed by atoms with Gasteiger partial charge >= 0.3 is 0 Å². The van der Waals surface area contributed by atoms with E-state index in [1.807, 2.05) is 6.92 Å². The molecule has 1 aromatic carbocycles. The van der Waals surface area contributed by atoms with Crippen LogP contribution in [0.5, 0.6) is 11.5 Å². The van der Waals surface area contributed by atoms with Crippen LogP contribution in [0, 0.1) is 0 Å². The summed E-state index contributed by atoms with van der Waals surface area (Å²) in [5, 5.41) is 18.8. The monoisotopic (exact) mass is 295 g/mol. The highest BCUT2D eigenvalue weighted by Crippen LogP contribution is 2.33. The smallest absolute Gasteiger partial charge is 0.163 e. The molecule has 1 heterocycles. The van der Waals surface area contributed by atoms with Crippen molar-refractivity contribution in [2.24, 2.45) is 5.73 Å². The lowest BCUT2D eigenvalue weighted by Crippen LogP contribution is -2.23. The summed E-state index contributed by atoms with van der Waals surface area (Å²) in [6, 6.07) is 3.25. The molecule has 7 nitrogen and oxygen atoms in total. The average Bonchev–Trinajstić information content (AvgIpc) is 2.83. The van der Waals surface area contributed by atoms with Gasteiger partial charge in [0.2, 0.25) is 0 Å². The highest BCUT2D eigenvalue weighted by atomic mass is 16.5. The van der Waals surface area contributed by atoms with Gasteiger partial charge in [-0.3, -0.25) is 0 Å². The normalized spacial score (nSPS) is 14.2. The molecule has 0 saturated heterocycles. The van der Waals surface area contributed by atoms with Gasteiger partial charge in [-0.2, -0.15) is 0 Å². The first-order valence-corrected chi connectivity index (χ1v) is 6.68. The summed E-state index contributed by atoms with van der Waals surface area (Å²) in [7, 11) is 3.11. The quantitative estimate of drug-likeness (QED) is 0.714. The van der Waals surface area contributed by atoms with Gasteiger partial charge in [0, 0.05) is 12.1 Å². The van der Waals surface area contributed by atoms with Crippen molar-refractivity contribution in [2.45, 2.75) is 25.6 Å². The van der Waals surface area contributed by atoms with Crippen LogP contribution >= 0.6 is 0 Å². The van der Waals surface area contributed by atoms with E-state index in [4.69, 9.17) is 20.3 Å². The van der Waals surface area contributed by atoms with Crippen LogP contribution in [-0.2, 0) is 6.54 Å². The molecule has 0 aliphatic carbocycles. The molecule has 0 aliphatic rings. The minimum Gasteiger partial charge on any atom is -0.493 e. The van der Waals surface area contributed by atoms with Gasteiger partial charge < -0.3 is 30.0 Å². The standard InChI is InChI=1S/C14H21N3O4/c1-8(15)14-16-10-4-12(20-2)13(21-3)5-11(10)17(14)6-9(19)7-18/h4-5,8-9,18-19H,6-7,15H2,1-3H3. The number of aliphatic hydroxyl groups is 2. The lowest BCUT2D eigenvalue weighted by atomic mass is 10.2. The Bertz CT molecular complexity index is 624. The Labute approximate surface area is 122 Å². The Morgan fingerprint density at radius 2 is 1.90 bits per heavy atom. The van der Waals surface area contributed by atoms with Crippen LogP contribution in [0.2, 0.25) is 0 Å². The lowest BCUT2D eigenvalue weighted by Gasteiger charge is -2.15. The molecule has 0 saturated carbocycles. The van der Waals surface area contributed by atoms with Crippen molar-refractivity contribution in [3.63, 3.8) is 0 Å². The number of hydrogen-bond donors (Lipinski definition) is 3. The second kappa shape index (κ2) is 6.30. The molecular weight excluding hydrogens is 274 g/mol. The number of benzene rings is 1. The van der Waals surface area contributed by atoms with Crippen molar-refractivity contribution in [1.82, 2.24) is 9.55 Å². The van der Waals surface area contributed by atoms with E-state index in [1.165, 1.54) is 0 Å². The molecule has 2 aromatic rings. The number of nitrogens with zero attached hydrogens (tertiary/aromatic N) is 2. The number of hydrogen-bond acceptors (Lipinski definition) is 6. The highest BCUT2D eigenvalue weighted by molar-refractivity contribution is 5.80. The third-order valence-electron chi connectivity index (χ3n) is 3.29. The molecule has 1 aromatic heterocycles. The first-order valence-electron chi connectivity index (χ1n) is 6.68. The van der Waals surface area contributed by atoms with Crippen LogP contribution in [-0.4, -0.2) is 46.7 Å². The number of aliphatic hydroxyl groups excluding tert-OH is 2. The van der Waals surface area contributed by atoms with Crippen LogP contribution in [0.3, 0.4) is 0 Å². The Morgan fingerprint density at radius 3 is 2.43 bits per heavy atom. The van der Waals surface area contributed by atoms with Crippen LogP contribution in [0.4, 0.5) is 0 Å². The summed E-state index contributed by atoms with van der Waals surface area (Å²) < 4.78 is 12.3. The van der Waals surface area contributed by atoms with E-state index in [1.54, 1.807) is 30.9 Å². The summed E-state index contributed by atoms with van der Waals surface area (Å²) in [6.07, 6.45) is -0.881. The first-order chi connectivity index (χ1) is 10.0. The van der Waals surface area contributed by atoms with E-state index < -0.39 is 6.10 Å². The molecule has 2 unspecified atom stereocenters. The number of aromatic nitrogens is 2. The topological polar surface area (TPSA) is 103 Å². The van der Waals surface area contributed by atoms with Gasteiger partial charge in [-0.25, -0.2) is 4.98 Å². The van der Waals surface area contributed by atoms with Crippen molar-refractivity contribution in [3.05, 3.63) is 18.0 Å². The number of fused-ring (bicyclic) bond motifs is 1. The molecule has 0 bridgehead atoms. The maximum Gasteiger partial charge on any atom is 0.163 e. The molecule has 0 fully saturated rings. The molecule has 4 N–H and O–H groups in total. The molecule has 0 radical (unpaired) electrons. The number of nitrogens with two attached hydrogens (primary N) is 1. The van der Waals surface area contributed by atoms with E-state index in [9.17, 15) is 5.11 Å². The maximum atomic E-state index is 9.73. The van der Waals surface area contributed by atoms with Crippen molar-refractivity contribution < 1.29 is 19.7 Å². The Balaban J connectivity index is 2.64. The zero-order chi connectivity index (χ0) is 15.6. The SMILES string of the molecule is COc1cc2nc(C(C)N)n(CC(O)CO)c2cc1OC. The Kier molecular flexibility index (Phi) is 4.66. The van der Waals surface area contributed by atoms with Gasteiger partial charge in [0.25, 0.3) is 0 Å². The van der Waals surface area contributed by atoms with Crippen molar-refractivity contribution >= 4 is 11.0 Å². The lowest BCUT2D eigenvalue weighted by molar-refractivity contribution is 0.0812. The third kappa shape index (κ3) is 2.94. The van der Waals surface area contributed by atoms with Gasteiger partial charge in [-0.05, 0) is 6.92 Å². The molecule has 7 heteroatoms. The van der Waals surface area contributed by atoms with Gasteiger partial charge in [-0.15, -0.1) is 0 Å². The van der Waals surface area contributed by atoms with Crippen molar-refractivity contribution in [1.29, 1.82) is 0 Å². The average molecular weight is 295 g/mol. The Morgan fingerprint density at radius 1 is 1.29 bits per heavy atom. The van der Waals surface area contributed by atoms with E-state index in [2.05, 4.69) is 4.98 Å². The van der Waals surface area contributed by atoms with Gasteiger partial charge in [0.15, 0.2) is 11.5 Å².